The zero-order chi connectivity index (χ0) is 13.6. The molecule has 3 nitrogen and oxygen atoms in total. The summed E-state index contributed by atoms with van der Waals surface area (Å²) in [5.74, 6) is 0.215. The van der Waals surface area contributed by atoms with Crippen molar-refractivity contribution in [3.05, 3.63) is 34.3 Å². The number of carbonyl (C=O) groups is 1. The molecule has 2 atom stereocenters. The summed E-state index contributed by atoms with van der Waals surface area (Å²) in [6.07, 6.45) is 1.63. The van der Waals surface area contributed by atoms with Crippen LogP contribution in [0, 0.1) is 11.3 Å². The maximum Gasteiger partial charge on any atom is 0.144 e. The Morgan fingerprint density at radius 2 is 2.11 bits per heavy atom. The van der Waals surface area contributed by atoms with Gasteiger partial charge in [-0.05, 0) is 17.9 Å². The number of hydrazone groups is 1. The van der Waals surface area contributed by atoms with Gasteiger partial charge in [-0.2, -0.15) is 5.10 Å². The fraction of sp³-hybridized carbons (Fsp3) is 0.467. The highest BCUT2D eigenvalue weighted by Crippen LogP contribution is 2.40. The molecule has 1 saturated carbocycles. The minimum absolute atomic E-state index is 0.0736. The van der Waals surface area contributed by atoms with Gasteiger partial charge < -0.3 is 5.43 Å². The van der Waals surface area contributed by atoms with Crippen molar-refractivity contribution in [2.24, 2.45) is 16.4 Å². The van der Waals surface area contributed by atoms with E-state index in [-0.39, 0.29) is 17.4 Å². The molecule has 0 radical (unpaired) electrons. The van der Waals surface area contributed by atoms with Crippen molar-refractivity contribution in [1.82, 2.24) is 5.43 Å². The third-order valence-corrected chi connectivity index (χ3v) is 4.66. The molecule has 0 saturated heterocycles. The number of nitrogens with zero attached hydrogens (tertiary/aromatic N) is 1. The summed E-state index contributed by atoms with van der Waals surface area (Å²) in [6.45, 7) is 4.30. The Morgan fingerprint density at radius 1 is 1.37 bits per heavy atom. The largest absolute Gasteiger partial charge is 0.306 e. The average Bonchev–Trinajstić information content (AvgIpc) is 2.71. The van der Waals surface area contributed by atoms with Gasteiger partial charge in [0.05, 0.1) is 17.7 Å². The maximum atomic E-state index is 12.5. The number of benzene rings is 1. The molecule has 4 heteroatoms. The maximum absolute atomic E-state index is 12.5. The number of halogens is 1. The Balaban J connectivity index is 1.95. The van der Waals surface area contributed by atoms with E-state index < -0.39 is 0 Å². The summed E-state index contributed by atoms with van der Waals surface area (Å²) in [5, 5.41) is 4.44. The van der Waals surface area contributed by atoms with Crippen LogP contribution >= 0.6 is 15.9 Å². The van der Waals surface area contributed by atoms with Gasteiger partial charge >= 0.3 is 0 Å². The molecule has 0 aromatic heterocycles. The van der Waals surface area contributed by atoms with Crippen LogP contribution < -0.4 is 5.43 Å². The average molecular weight is 321 g/mol. The highest BCUT2D eigenvalue weighted by atomic mass is 79.9. The molecule has 1 aliphatic carbocycles. The Kier molecular flexibility index (Phi) is 3.01. The fourth-order valence-electron chi connectivity index (χ4n) is 3.17. The van der Waals surface area contributed by atoms with Gasteiger partial charge in [0, 0.05) is 16.5 Å². The fourth-order valence-corrected chi connectivity index (χ4v) is 3.66. The van der Waals surface area contributed by atoms with E-state index in [0.29, 0.717) is 12.2 Å². The van der Waals surface area contributed by atoms with Gasteiger partial charge in [-0.15, -0.1) is 0 Å². The smallest absolute Gasteiger partial charge is 0.144 e. The van der Waals surface area contributed by atoms with E-state index >= 15 is 0 Å². The van der Waals surface area contributed by atoms with Crippen molar-refractivity contribution in [2.75, 3.05) is 0 Å². The van der Waals surface area contributed by atoms with E-state index in [9.17, 15) is 4.79 Å². The molecule has 1 aromatic carbocycles. The first kappa shape index (κ1) is 12.9. The molecule has 1 aliphatic heterocycles. The van der Waals surface area contributed by atoms with Gasteiger partial charge in [-0.3, -0.25) is 4.79 Å². The zero-order valence-corrected chi connectivity index (χ0v) is 12.7. The first-order chi connectivity index (χ1) is 8.98. The number of hydrogen-bond acceptors (Lipinski definition) is 3. The summed E-state index contributed by atoms with van der Waals surface area (Å²) in [6, 6.07) is 8.11. The Hall–Kier alpha value is -1.16. The van der Waals surface area contributed by atoms with Gasteiger partial charge in [-0.1, -0.05) is 48.0 Å². The molecule has 0 amide bonds. The standard InChI is InChI=1S/C15H17BrN2O/c1-15(2)7-11-13(12(19)8-15)14(18-17-11)9-5-3-4-6-10(9)16/h3-6,11,13,17H,7-8H2,1-2H3/t11-,13-/m0/s1. The monoisotopic (exact) mass is 320 g/mol. The molecule has 0 unspecified atom stereocenters. The molecule has 1 N–H and O–H groups in total. The number of nitrogens with one attached hydrogen (secondary N) is 1. The first-order valence-corrected chi connectivity index (χ1v) is 7.38. The summed E-state index contributed by atoms with van der Waals surface area (Å²) in [7, 11) is 0. The molecule has 1 fully saturated rings. The highest BCUT2D eigenvalue weighted by Gasteiger charge is 2.46. The summed E-state index contributed by atoms with van der Waals surface area (Å²) in [5.41, 5.74) is 5.15. The second-order valence-corrected chi connectivity index (χ2v) is 7.06. The second kappa shape index (κ2) is 4.44. The Morgan fingerprint density at radius 3 is 2.84 bits per heavy atom. The minimum atomic E-state index is -0.0910. The Bertz CT molecular complexity index is 565. The normalized spacial score (nSPS) is 28.6. The van der Waals surface area contributed by atoms with Gasteiger partial charge in [-0.25, -0.2) is 0 Å². The first-order valence-electron chi connectivity index (χ1n) is 6.59. The van der Waals surface area contributed by atoms with Crippen LogP contribution in [-0.2, 0) is 4.79 Å². The lowest BCUT2D eigenvalue weighted by atomic mass is 9.68. The van der Waals surface area contributed by atoms with E-state index in [2.05, 4.69) is 40.3 Å². The van der Waals surface area contributed by atoms with Crippen LogP contribution in [-0.4, -0.2) is 17.5 Å². The predicted octanol–water partition coefficient (Wildman–Crippen LogP) is 3.13. The van der Waals surface area contributed by atoms with Crippen LogP contribution in [0.15, 0.2) is 33.8 Å². The lowest BCUT2D eigenvalue weighted by Gasteiger charge is -2.36. The lowest BCUT2D eigenvalue weighted by molar-refractivity contribution is -0.126. The molecule has 0 bridgehead atoms. The van der Waals surface area contributed by atoms with Crippen molar-refractivity contribution in [3.63, 3.8) is 0 Å². The van der Waals surface area contributed by atoms with Gasteiger partial charge in [0.1, 0.15) is 5.78 Å². The topological polar surface area (TPSA) is 41.5 Å². The van der Waals surface area contributed by atoms with E-state index in [1.165, 1.54) is 0 Å². The third kappa shape index (κ3) is 2.22. The third-order valence-electron chi connectivity index (χ3n) is 3.97. The van der Waals surface area contributed by atoms with E-state index in [0.717, 1.165) is 22.2 Å². The van der Waals surface area contributed by atoms with Crippen LogP contribution in [0.5, 0.6) is 0 Å². The van der Waals surface area contributed by atoms with Crippen LogP contribution in [0.25, 0.3) is 0 Å². The lowest BCUT2D eigenvalue weighted by Crippen LogP contribution is -2.45. The highest BCUT2D eigenvalue weighted by molar-refractivity contribution is 9.10. The van der Waals surface area contributed by atoms with Crippen molar-refractivity contribution in [3.8, 4) is 0 Å². The summed E-state index contributed by atoms with van der Waals surface area (Å²) in [4.78, 5) is 12.5. The number of hydrogen-bond donors (Lipinski definition) is 1. The number of rotatable bonds is 1. The molecule has 2 aliphatic rings. The number of ketones is 1. The van der Waals surface area contributed by atoms with Crippen LogP contribution in [0.4, 0.5) is 0 Å². The van der Waals surface area contributed by atoms with Crippen molar-refractivity contribution in [2.45, 2.75) is 32.7 Å². The Labute approximate surface area is 121 Å². The van der Waals surface area contributed by atoms with Crippen molar-refractivity contribution < 1.29 is 4.79 Å². The van der Waals surface area contributed by atoms with E-state index in [1.54, 1.807) is 0 Å². The van der Waals surface area contributed by atoms with Crippen LogP contribution in [0.1, 0.15) is 32.3 Å². The van der Waals surface area contributed by atoms with Crippen LogP contribution in [0.2, 0.25) is 0 Å². The molecule has 1 aromatic rings. The molecule has 100 valence electrons. The van der Waals surface area contributed by atoms with E-state index in [4.69, 9.17) is 0 Å². The number of fused-ring (bicyclic) bond motifs is 1. The molecule has 3 rings (SSSR count). The van der Waals surface area contributed by atoms with Crippen LogP contribution in [0.3, 0.4) is 0 Å². The molecule has 19 heavy (non-hydrogen) atoms. The molecule has 1 heterocycles. The molecule has 0 spiro atoms. The molecular weight excluding hydrogens is 304 g/mol. The number of Topliss-reactive ketones (excluding diaryl/α,β-unsaturated/α-hetero) is 1. The summed E-state index contributed by atoms with van der Waals surface area (Å²) < 4.78 is 0.994. The number of carbonyl (C=O) groups excluding carboxylic acids is 1. The van der Waals surface area contributed by atoms with Gasteiger partial charge in [0.25, 0.3) is 0 Å². The van der Waals surface area contributed by atoms with E-state index in [1.807, 2.05) is 24.3 Å². The predicted molar refractivity (Wildman–Crippen MR) is 79.1 cm³/mol. The van der Waals surface area contributed by atoms with Crippen molar-refractivity contribution >= 4 is 27.4 Å². The molecular formula is C15H17BrN2O. The zero-order valence-electron chi connectivity index (χ0n) is 11.1. The van der Waals surface area contributed by atoms with Gasteiger partial charge in [0.15, 0.2) is 0 Å². The van der Waals surface area contributed by atoms with Gasteiger partial charge in [0.2, 0.25) is 0 Å². The second-order valence-electron chi connectivity index (χ2n) is 6.20. The quantitative estimate of drug-likeness (QED) is 0.863. The SMILES string of the molecule is CC1(C)CC(=O)[C@H]2C(c3ccccc3Br)=NN[C@H]2C1. The summed E-state index contributed by atoms with van der Waals surface area (Å²) >= 11 is 3.55. The minimum Gasteiger partial charge on any atom is -0.306 e. The van der Waals surface area contributed by atoms with Crippen molar-refractivity contribution in [1.29, 1.82) is 0 Å².